The molecule has 6 atom stereocenters. The predicted octanol–water partition coefficient (Wildman–Crippen LogP) is 4.00. The van der Waals surface area contributed by atoms with Gasteiger partial charge in [-0.15, -0.1) is 0 Å². The second kappa shape index (κ2) is 5.65. The maximum Gasteiger partial charge on any atom is 0.105 e. The minimum Gasteiger partial charge on any atom is -0.389 e. The summed E-state index contributed by atoms with van der Waals surface area (Å²) in [6, 6.07) is 0. The van der Waals surface area contributed by atoms with E-state index in [0.29, 0.717) is 11.8 Å². The molecular weight excluding hydrogens is 272 g/mol. The van der Waals surface area contributed by atoms with Crippen LogP contribution in [-0.4, -0.2) is 22.4 Å². The van der Waals surface area contributed by atoms with E-state index in [-0.39, 0.29) is 11.3 Å². The third-order valence-electron chi connectivity index (χ3n) is 6.61. The largest absolute Gasteiger partial charge is 0.389 e. The van der Waals surface area contributed by atoms with Crippen LogP contribution in [0.25, 0.3) is 0 Å². The molecule has 22 heavy (non-hydrogen) atoms. The maximum atomic E-state index is 10.8. The van der Waals surface area contributed by atoms with Gasteiger partial charge in [-0.1, -0.05) is 45.1 Å². The average molecular weight is 302 g/mol. The Labute approximate surface area is 134 Å². The molecule has 0 amide bonds. The van der Waals surface area contributed by atoms with Crippen molar-refractivity contribution in [3.05, 3.63) is 36.0 Å². The highest BCUT2D eigenvalue weighted by Gasteiger charge is 2.57. The third-order valence-corrected chi connectivity index (χ3v) is 6.61. The van der Waals surface area contributed by atoms with E-state index in [2.05, 4.69) is 33.1 Å². The van der Waals surface area contributed by atoms with Crippen LogP contribution in [-0.2, 0) is 0 Å². The monoisotopic (exact) mass is 302 g/mol. The van der Waals surface area contributed by atoms with Gasteiger partial charge in [-0.3, -0.25) is 0 Å². The molecule has 2 fully saturated rings. The fourth-order valence-corrected chi connectivity index (χ4v) is 5.12. The first-order chi connectivity index (χ1) is 10.4. The Balaban J connectivity index is 2.06. The van der Waals surface area contributed by atoms with Crippen molar-refractivity contribution in [2.24, 2.45) is 23.2 Å². The van der Waals surface area contributed by atoms with Crippen molar-refractivity contribution >= 4 is 0 Å². The minimum absolute atomic E-state index is 0.234. The Morgan fingerprint density at radius 1 is 1.23 bits per heavy atom. The average Bonchev–Trinajstić information content (AvgIpc) is 2.83. The molecular formula is C20H30O2. The van der Waals surface area contributed by atoms with Crippen LogP contribution < -0.4 is 0 Å². The molecule has 6 unspecified atom stereocenters. The van der Waals surface area contributed by atoms with Gasteiger partial charge in [-0.05, 0) is 61.0 Å². The molecule has 0 aromatic carbocycles. The van der Waals surface area contributed by atoms with E-state index in [4.69, 9.17) is 0 Å². The van der Waals surface area contributed by atoms with Gasteiger partial charge in [0.1, 0.15) is 6.10 Å². The summed E-state index contributed by atoms with van der Waals surface area (Å²) in [5.74, 6) is 1.25. The van der Waals surface area contributed by atoms with Crippen LogP contribution in [0.5, 0.6) is 0 Å². The summed E-state index contributed by atoms with van der Waals surface area (Å²) in [6.07, 6.45) is 7.11. The van der Waals surface area contributed by atoms with Crippen LogP contribution in [0, 0.1) is 23.2 Å². The molecule has 0 spiro atoms. The molecule has 3 rings (SSSR count). The molecule has 2 saturated carbocycles. The lowest BCUT2D eigenvalue weighted by Crippen LogP contribution is -2.51. The van der Waals surface area contributed by atoms with Crippen molar-refractivity contribution in [2.45, 2.75) is 64.6 Å². The fourth-order valence-electron chi connectivity index (χ4n) is 5.12. The first kappa shape index (κ1) is 16.0. The van der Waals surface area contributed by atoms with Crippen molar-refractivity contribution < 1.29 is 10.2 Å². The van der Waals surface area contributed by atoms with Crippen molar-refractivity contribution in [3.63, 3.8) is 0 Å². The number of aliphatic hydroxyl groups is 2. The van der Waals surface area contributed by atoms with Crippen LogP contribution in [0.15, 0.2) is 36.0 Å². The summed E-state index contributed by atoms with van der Waals surface area (Å²) < 4.78 is 0. The van der Waals surface area contributed by atoms with Crippen LogP contribution in [0.1, 0.15) is 52.4 Å². The van der Waals surface area contributed by atoms with Gasteiger partial charge in [0.2, 0.25) is 0 Å². The topological polar surface area (TPSA) is 40.5 Å². The second-order valence-corrected chi connectivity index (χ2v) is 8.09. The number of hydrogen-bond donors (Lipinski definition) is 2. The summed E-state index contributed by atoms with van der Waals surface area (Å²) in [7, 11) is 0. The summed E-state index contributed by atoms with van der Waals surface area (Å²) in [4.78, 5) is 0. The molecule has 0 saturated heterocycles. The van der Waals surface area contributed by atoms with E-state index < -0.39 is 12.2 Å². The molecule has 0 aliphatic heterocycles. The van der Waals surface area contributed by atoms with Gasteiger partial charge >= 0.3 is 0 Å². The first-order valence-corrected chi connectivity index (χ1v) is 8.79. The van der Waals surface area contributed by atoms with Crippen LogP contribution >= 0.6 is 0 Å². The lowest BCUT2D eigenvalue weighted by Gasteiger charge is -2.47. The van der Waals surface area contributed by atoms with Gasteiger partial charge in [0.15, 0.2) is 0 Å². The van der Waals surface area contributed by atoms with Crippen LogP contribution in [0.3, 0.4) is 0 Å². The summed E-state index contributed by atoms with van der Waals surface area (Å²) in [5, 5.41) is 21.4. The first-order valence-electron chi connectivity index (χ1n) is 8.79. The Hall–Kier alpha value is -0.860. The zero-order valence-electron chi connectivity index (χ0n) is 14.0. The zero-order valence-corrected chi connectivity index (χ0v) is 14.0. The highest BCUT2D eigenvalue weighted by Crippen LogP contribution is 2.59. The number of fused-ring (bicyclic) bond motifs is 1. The predicted molar refractivity (Wildman–Crippen MR) is 90.3 cm³/mol. The number of rotatable bonds is 0. The van der Waals surface area contributed by atoms with Gasteiger partial charge < -0.3 is 10.2 Å². The Bertz CT molecular complexity index is 518. The van der Waals surface area contributed by atoms with E-state index in [1.165, 1.54) is 18.4 Å². The van der Waals surface area contributed by atoms with Gasteiger partial charge in [-0.2, -0.15) is 0 Å². The number of aliphatic hydroxyl groups excluding tert-OH is 2. The zero-order chi connectivity index (χ0) is 16.1. The molecule has 3 aliphatic carbocycles. The summed E-state index contributed by atoms with van der Waals surface area (Å²) in [6.45, 7) is 13.1. The lowest BCUT2D eigenvalue weighted by atomic mass is 9.60. The van der Waals surface area contributed by atoms with Gasteiger partial charge in [0, 0.05) is 5.41 Å². The van der Waals surface area contributed by atoms with E-state index in [0.717, 1.165) is 36.8 Å². The van der Waals surface area contributed by atoms with E-state index in [1.807, 2.05) is 0 Å². The van der Waals surface area contributed by atoms with Crippen molar-refractivity contribution in [1.29, 1.82) is 0 Å². The number of allylic oxidation sites excluding steroid dienone is 2. The minimum atomic E-state index is -0.784. The van der Waals surface area contributed by atoms with Crippen molar-refractivity contribution in [2.75, 3.05) is 0 Å². The number of hydrogen-bond acceptors (Lipinski definition) is 2. The Morgan fingerprint density at radius 2 is 1.95 bits per heavy atom. The fraction of sp³-hybridized carbons (Fsp3) is 0.700. The maximum absolute atomic E-state index is 10.8. The summed E-state index contributed by atoms with van der Waals surface area (Å²) >= 11 is 0. The highest BCUT2D eigenvalue weighted by molar-refractivity contribution is 5.43. The Kier molecular flexibility index (Phi) is 4.11. The molecule has 3 aliphatic rings. The second-order valence-electron chi connectivity index (χ2n) is 8.09. The normalized spacial score (nSPS) is 46.2. The molecule has 2 nitrogen and oxygen atoms in total. The molecule has 0 aromatic rings. The molecule has 2 bridgehead atoms. The third kappa shape index (κ3) is 2.32. The van der Waals surface area contributed by atoms with E-state index in [9.17, 15) is 10.2 Å². The summed E-state index contributed by atoms with van der Waals surface area (Å²) in [5.41, 5.74) is 3.01. The van der Waals surface area contributed by atoms with Gasteiger partial charge in [0.05, 0.1) is 6.10 Å². The van der Waals surface area contributed by atoms with Crippen molar-refractivity contribution in [1.82, 2.24) is 0 Å². The van der Waals surface area contributed by atoms with Crippen molar-refractivity contribution in [3.8, 4) is 0 Å². The van der Waals surface area contributed by atoms with Crippen LogP contribution in [0.4, 0.5) is 0 Å². The highest BCUT2D eigenvalue weighted by atomic mass is 16.3. The lowest BCUT2D eigenvalue weighted by molar-refractivity contribution is -0.0698. The Morgan fingerprint density at radius 3 is 2.68 bits per heavy atom. The smallest absolute Gasteiger partial charge is 0.105 e. The SMILES string of the molecule is C=C1CCCC(C)CC=C2C(=C)C3C1CCC3(C)C(O)C2O. The van der Waals surface area contributed by atoms with E-state index in [1.54, 1.807) is 0 Å². The standard InChI is InChI=1S/C20H30O2/c1-12-6-5-7-13(2)15-10-11-20(4)17(15)14(3)16(9-8-12)18(21)19(20)22/h9,12,15,17-19,21-22H,2-3,5-8,10-11H2,1,4H3. The molecule has 2 heteroatoms. The molecule has 0 radical (unpaired) electrons. The molecule has 0 aromatic heterocycles. The molecule has 122 valence electrons. The van der Waals surface area contributed by atoms with Gasteiger partial charge in [-0.25, -0.2) is 0 Å². The van der Waals surface area contributed by atoms with Gasteiger partial charge in [0.25, 0.3) is 0 Å². The molecule has 0 heterocycles. The quantitative estimate of drug-likeness (QED) is 0.664. The molecule has 2 N–H and O–H groups in total. The van der Waals surface area contributed by atoms with E-state index >= 15 is 0 Å². The van der Waals surface area contributed by atoms with Crippen LogP contribution in [0.2, 0.25) is 0 Å².